The summed E-state index contributed by atoms with van der Waals surface area (Å²) in [6, 6.07) is 13.3. The lowest BCUT2D eigenvalue weighted by atomic mass is 10.1. The lowest BCUT2D eigenvalue weighted by molar-refractivity contribution is -0.148. The maximum absolute atomic E-state index is 11.7. The van der Waals surface area contributed by atoms with Crippen LogP contribution in [0.25, 0.3) is 0 Å². The van der Waals surface area contributed by atoms with Crippen LogP contribution >= 0.6 is 11.6 Å². The molecule has 0 aliphatic carbocycles. The summed E-state index contributed by atoms with van der Waals surface area (Å²) >= 11 is 5.75. The summed E-state index contributed by atoms with van der Waals surface area (Å²) in [6.45, 7) is -0.827. The highest BCUT2D eigenvalue weighted by Crippen LogP contribution is 2.15. The van der Waals surface area contributed by atoms with Crippen molar-refractivity contribution in [2.45, 2.75) is 6.42 Å². The molecule has 0 saturated carbocycles. The number of benzene rings is 2. The van der Waals surface area contributed by atoms with Crippen LogP contribution in [0.2, 0.25) is 5.02 Å². The van der Waals surface area contributed by atoms with E-state index in [1.807, 2.05) is 0 Å². The molecule has 0 unspecified atom stereocenters. The van der Waals surface area contributed by atoms with Crippen LogP contribution in [-0.2, 0) is 25.5 Å². The van der Waals surface area contributed by atoms with Gasteiger partial charge in [0.05, 0.1) is 13.5 Å². The molecule has 0 aliphatic rings. The van der Waals surface area contributed by atoms with Crippen molar-refractivity contribution in [3.05, 3.63) is 59.1 Å². The second-order valence-electron chi connectivity index (χ2n) is 5.52. The molecule has 0 atom stereocenters. The first kappa shape index (κ1) is 21.0. The Hall–Kier alpha value is -3.26. The van der Waals surface area contributed by atoms with Gasteiger partial charge in [-0.15, -0.1) is 0 Å². The molecule has 0 fully saturated rings. The van der Waals surface area contributed by atoms with E-state index in [9.17, 15) is 14.4 Å². The third-order valence-electron chi connectivity index (χ3n) is 3.40. The maximum atomic E-state index is 11.7. The summed E-state index contributed by atoms with van der Waals surface area (Å²) in [7, 11) is 1.55. The fraction of sp³-hybridized carbons (Fsp3) is 0.211. The number of ether oxygens (including phenoxy) is 3. The number of hydrogen-bond donors (Lipinski definition) is 2. The summed E-state index contributed by atoms with van der Waals surface area (Å²) in [5.41, 5.74) is 5.01. The number of hydrogen-bond acceptors (Lipinski definition) is 6. The fourth-order valence-electron chi connectivity index (χ4n) is 2.00. The van der Waals surface area contributed by atoms with Crippen LogP contribution in [0.3, 0.4) is 0 Å². The number of hydrazine groups is 1. The fourth-order valence-corrected chi connectivity index (χ4v) is 2.12. The Morgan fingerprint density at radius 3 is 2.04 bits per heavy atom. The Morgan fingerprint density at radius 2 is 1.43 bits per heavy atom. The van der Waals surface area contributed by atoms with Gasteiger partial charge in [0.1, 0.15) is 11.5 Å². The van der Waals surface area contributed by atoms with E-state index in [0.717, 1.165) is 5.56 Å². The molecule has 2 N–H and O–H groups in total. The minimum absolute atomic E-state index is 0.0125. The molecule has 2 aromatic rings. The van der Waals surface area contributed by atoms with Crippen LogP contribution in [0.1, 0.15) is 5.56 Å². The average Bonchev–Trinajstić information content (AvgIpc) is 2.71. The number of halogens is 1. The van der Waals surface area contributed by atoms with Crippen molar-refractivity contribution in [3.8, 4) is 11.5 Å². The van der Waals surface area contributed by atoms with Crippen molar-refractivity contribution in [2.24, 2.45) is 0 Å². The van der Waals surface area contributed by atoms with Crippen LogP contribution in [0.4, 0.5) is 0 Å². The molecule has 0 aromatic heterocycles. The molecule has 0 spiro atoms. The van der Waals surface area contributed by atoms with Gasteiger partial charge in [-0.1, -0.05) is 23.7 Å². The molecule has 2 aromatic carbocycles. The number of carbonyl (C=O) groups is 3. The molecule has 9 heteroatoms. The van der Waals surface area contributed by atoms with Gasteiger partial charge in [-0.25, -0.2) is 0 Å². The molecule has 0 bridgehead atoms. The Balaban J connectivity index is 1.62. The molecule has 0 saturated heterocycles. The van der Waals surface area contributed by atoms with E-state index in [2.05, 4.69) is 10.9 Å². The van der Waals surface area contributed by atoms with Crippen molar-refractivity contribution in [1.82, 2.24) is 10.9 Å². The second-order valence-corrected chi connectivity index (χ2v) is 5.96. The predicted octanol–water partition coefficient (Wildman–Crippen LogP) is 1.66. The minimum Gasteiger partial charge on any atom is -0.497 e. The van der Waals surface area contributed by atoms with Gasteiger partial charge in [0, 0.05) is 5.02 Å². The summed E-state index contributed by atoms with van der Waals surface area (Å²) in [5.74, 6) is -0.695. The van der Waals surface area contributed by atoms with Gasteiger partial charge in [-0.3, -0.25) is 25.2 Å². The Morgan fingerprint density at radius 1 is 0.857 bits per heavy atom. The molecule has 2 amide bonds. The zero-order chi connectivity index (χ0) is 20.4. The van der Waals surface area contributed by atoms with Crippen LogP contribution in [0, 0.1) is 0 Å². The van der Waals surface area contributed by atoms with E-state index in [-0.39, 0.29) is 13.0 Å². The molecular weight excluding hydrogens is 388 g/mol. The van der Waals surface area contributed by atoms with Crippen molar-refractivity contribution < 1.29 is 28.6 Å². The number of amides is 2. The van der Waals surface area contributed by atoms with Gasteiger partial charge in [0.2, 0.25) is 0 Å². The highest BCUT2D eigenvalue weighted by Gasteiger charge is 2.10. The summed E-state index contributed by atoms with van der Waals surface area (Å²) in [4.78, 5) is 35.0. The quantitative estimate of drug-likeness (QED) is 0.510. The smallest absolute Gasteiger partial charge is 0.310 e. The molecule has 0 heterocycles. The number of methoxy groups -OCH3 is 1. The first-order valence-electron chi connectivity index (χ1n) is 8.21. The van der Waals surface area contributed by atoms with E-state index < -0.39 is 24.4 Å². The zero-order valence-corrected chi connectivity index (χ0v) is 15.8. The second kappa shape index (κ2) is 10.8. The van der Waals surface area contributed by atoms with Crippen LogP contribution < -0.4 is 20.3 Å². The maximum Gasteiger partial charge on any atom is 0.310 e. The van der Waals surface area contributed by atoms with Crippen molar-refractivity contribution >= 4 is 29.4 Å². The van der Waals surface area contributed by atoms with Gasteiger partial charge in [-0.05, 0) is 42.0 Å². The van der Waals surface area contributed by atoms with Gasteiger partial charge in [-0.2, -0.15) is 0 Å². The zero-order valence-electron chi connectivity index (χ0n) is 15.1. The highest BCUT2D eigenvalue weighted by molar-refractivity contribution is 6.30. The number of carbonyl (C=O) groups excluding carboxylic acids is 3. The summed E-state index contributed by atoms with van der Waals surface area (Å²) in [5, 5.41) is 0.547. The third-order valence-corrected chi connectivity index (χ3v) is 3.65. The lowest BCUT2D eigenvalue weighted by Crippen LogP contribution is -2.45. The third kappa shape index (κ3) is 7.55. The van der Waals surface area contributed by atoms with Gasteiger partial charge < -0.3 is 14.2 Å². The van der Waals surface area contributed by atoms with E-state index in [4.69, 9.17) is 25.8 Å². The summed E-state index contributed by atoms with van der Waals surface area (Å²) in [6.07, 6.45) is 0.0125. The van der Waals surface area contributed by atoms with Crippen LogP contribution in [-0.4, -0.2) is 38.1 Å². The largest absolute Gasteiger partial charge is 0.497 e. The number of nitrogens with one attached hydrogen (secondary N) is 2. The van der Waals surface area contributed by atoms with Crippen LogP contribution in [0.5, 0.6) is 11.5 Å². The van der Waals surface area contributed by atoms with Crippen molar-refractivity contribution in [1.29, 1.82) is 0 Å². The molecule has 0 aliphatic heterocycles. The van der Waals surface area contributed by atoms with Gasteiger partial charge >= 0.3 is 5.97 Å². The standard InChI is InChI=1S/C19H19ClN2O6/c1-26-15-6-2-13(3-7-15)10-19(25)28-12-18(24)22-21-17(23)11-27-16-8-4-14(20)5-9-16/h2-9H,10-12H2,1H3,(H,21,23)(H,22,24). The van der Waals surface area contributed by atoms with Gasteiger partial charge in [0.15, 0.2) is 13.2 Å². The SMILES string of the molecule is COc1ccc(CC(=O)OCC(=O)NNC(=O)COc2ccc(Cl)cc2)cc1. The first-order valence-corrected chi connectivity index (χ1v) is 8.58. The minimum atomic E-state index is -0.678. The van der Waals surface area contributed by atoms with Gasteiger partial charge in [0.25, 0.3) is 11.8 Å². The highest BCUT2D eigenvalue weighted by atomic mass is 35.5. The Bertz CT molecular complexity index is 808. The van der Waals surface area contributed by atoms with E-state index in [1.54, 1.807) is 55.6 Å². The Kier molecular flexibility index (Phi) is 8.11. The lowest BCUT2D eigenvalue weighted by Gasteiger charge is -2.09. The molecule has 28 heavy (non-hydrogen) atoms. The normalized spacial score (nSPS) is 9.93. The molecule has 148 valence electrons. The van der Waals surface area contributed by atoms with Crippen molar-refractivity contribution in [3.63, 3.8) is 0 Å². The summed E-state index contributed by atoms with van der Waals surface area (Å²) < 4.78 is 15.1. The average molecular weight is 407 g/mol. The molecule has 2 rings (SSSR count). The first-order chi connectivity index (χ1) is 13.5. The van der Waals surface area contributed by atoms with E-state index in [1.165, 1.54) is 0 Å². The monoisotopic (exact) mass is 406 g/mol. The van der Waals surface area contributed by atoms with Crippen LogP contribution in [0.15, 0.2) is 48.5 Å². The number of esters is 1. The van der Waals surface area contributed by atoms with E-state index >= 15 is 0 Å². The molecule has 0 radical (unpaired) electrons. The molecule has 8 nitrogen and oxygen atoms in total. The Labute approximate surface area is 166 Å². The van der Waals surface area contributed by atoms with Crippen molar-refractivity contribution in [2.75, 3.05) is 20.3 Å². The van der Waals surface area contributed by atoms with E-state index in [0.29, 0.717) is 16.5 Å². The topological polar surface area (TPSA) is 103 Å². The predicted molar refractivity (Wildman–Crippen MR) is 101 cm³/mol. The number of rotatable bonds is 8. The molecular formula is C19H19ClN2O6.